The molecule has 1 aromatic carbocycles. The van der Waals surface area contributed by atoms with Gasteiger partial charge in [0.1, 0.15) is 0 Å². The molecule has 3 nitrogen and oxygen atoms in total. The van der Waals surface area contributed by atoms with Gasteiger partial charge in [-0.3, -0.25) is 4.79 Å². The summed E-state index contributed by atoms with van der Waals surface area (Å²) in [5.41, 5.74) is 7.69. The van der Waals surface area contributed by atoms with E-state index in [0.717, 1.165) is 11.3 Å². The number of hydrogen-bond donors (Lipinski definition) is 2. The molecule has 1 rings (SSSR count). The molecule has 0 aliphatic heterocycles. The Hall–Kier alpha value is -1.77. The Morgan fingerprint density at radius 2 is 2.36 bits per heavy atom. The largest absolute Gasteiger partial charge is 0.381 e. The number of anilines is 1. The van der Waals surface area contributed by atoms with Gasteiger partial charge in [0, 0.05) is 17.8 Å². The first-order valence-corrected chi connectivity index (χ1v) is 4.40. The van der Waals surface area contributed by atoms with Crippen LogP contribution in [0.2, 0.25) is 0 Å². The van der Waals surface area contributed by atoms with Crippen molar-refractivity contribution in [2.45, 2.75) is 6.92 Å². The zero-order chi connectivity index (χ0) is 10.6. The average Bonchev–Trinajstić information content (AvgIpc) is 2.15. The molecule has 0 aliphatic carbocycles. The predicted octanol–water partition coefficient (Wildman–Crippen LogP) is 1.69. The SMILES string of the molecule is C=CCNc1ccc(C(N)=O)cc1C. The molecule has 0 radical (unpaired) electrons. The Bertz CT molecular complexity index is 358. The van der Waals surface area contributed by atoms with Crippen LogP contribution in [0.3, 0.4) is 0 Å². The van der Waals surface area contributed by atoms with E-state index in [1.807, 2.05) is 13.0 Å². The molecule has 1 amide bonds. The van der Waals surface area contributed by atoms with E-state index < -0.39 is 5.91 Å². The summed E-state index contributed by atoms with van der Waals surface area (Å²) in [7, 11) is 0. The summed E-state index contributed by atoms with van der Waals surface area (Å²) in [4.78, 5) is 10.9. The van der Waals surface area contributed by atoms with Gasteiger partial charge in [0.25, 0.3) is 0 Å². The maximum absolute atomic E-state index is 10.9. The summed E-state index contributed by atoms with van der Waals surface area (Å²) in [6.45, 7) is 6.25. The second-order valence-corrected chi connectivity index (χ2v) is 3.06. The number of aryl methyl sites for hydroxylation is 1. The van der Waals surface area contributed by atoms with Gasteiger partial charge in [-0.05, 0) is 30.7 Å². The molecule has 0 saturated carbocycles. The van der Waals surface area contributed by atoms with E-state index in [1.165, 1.54) is 0 Å². The Kier molecular flexibility index (Phi) is 3.29. The minimum absolute atomic E-state index is 0.400. The van der Waals surface area contributed by atoms with Crippen LogP contribution in [-0.4, -0.2) is 12.5 Å². The van der Waals surface area contributed by atoms with Crippen molar-refractivity contribution in [3.63, 3.8) is 0 Å². The smallest absolute Gasteiger partial charge is 0.248 e. The molecule has 14 heavy (non-hydrogen) atoms. The van der Waals surface area contributed by atoms with E-state index in [1.54, 1.807) is 18.2 Å². The number of carbonyl (C=O) groups is 1. The molecule has 74 valence electrons. The zero-order valence-corrected chi connectivity index (χ0v) is 8.21. The van der Waals surface area contributed by atoms with Gasteiger partial charge in [0.05, 0.1) is 0 Å². The third-order valence-electron chi connectivity index (χ3n) is 1.95. The molecule has 0 atom stereocenters. The van der Waals surface area contributed by atoms with Crippen molar-refractivity contribution in [2.24, 2.45) is 5.73 Å². The van der Waals surface area contributed by atoms with Crippen molar-refractivity contribution < 1.29 is 4.79 Å². The summed E-state index contributed by atoms with van der Waals surface area (Å²) in [5, 5.41) is 3.16. The van der Waals surface area contributed by atoms with Crippen LogP contribution in [0.25, 0.3) is 0 Å². The minimum Gasteiger partial charge on any atom is -0.381 e. The standard InChI is InChI=1S/C11H14N2O/c1-3-6-13-10-5-4-9(11(12)14)7-8(10)2/h3-5,7,13H,1,6H2,2H3,(H2,12,14). The van der Waals surface area contributed by atoms with Gasteiger partial charge in [-0.15, -0.1) is 6.58 Å². The first-order valence-electron chi connectivity index (χ1n) is 4.40. The average molecular weight is 190 g/mol. The highest BCUT2D eigenvalue weighted by atomic mass is 16.1. The summed E-state index contributed by atoms with van der Waals surface area (Å²) in [5.74, 6) is -0.400. The number of nitrogens with one attached hydrogen (secondary N) is 1. The molecule has 0 fully saturated rings. The Labute approximate surface area is 83.6 Å². The maximum atomic E-state index is 10.9. The lowest BCUT2D eigenvalue weighted by molar-refractivity contribution is 0.100. The van der Waals surface area contributed by atoms with Crippen LogP contribution in [-0.2, 0) is 0 Å². The molecule has 0 heterocycles. The quantitative estimate of drug-likeness (QED) is 0.710. The van der Waals surface area contributed by atoms with Crippen LogP contribution in [0.5, 0.6) is 0 Å². The second kappa shape index (κ2) is 4.46. The summed E-state index contributed by atoms with van der Waals surface area (Å²) in [6.07, 6.45) is 1.78. The molecule has 0 unspecified atom stereocenters. The second-order valence-electron chi connectivity index (χ2n) is 3.06. The number of carbonyl (C=O) groups excluding carboxylic acids is 1. The molecule has 0 aliphatic rings. The first-order chi connectivity index (χ1) is 6.65. The molecule has 0 bridgehead atoms. The Morgan fingerprint density at radius 1 is 1.64 bits per heavy atom. The van der Waals surface area contributed by atoms with Crippen LogP contribution in [0.4, 0.5) is 5.69 Å². The van der Waals surface area contributed by atoms with Gasteiger partial charge in [-0.25, -0.2) is 0 Å². The third kappa shape index (κ3) is 2.36. The maximum Gasteiger partial charge on any atom is 0.248 e. The van der Waals surface area contributed by atoms with Gasteiger partial charge in [-0.1, -0.05) is 6.08 Å². The predicted molar refractivity (Wildman–Crippen MR) is 58.4 cm³/mol. The highest BCUT2D eigenvalue weighted by molar-refractivity contribution is 5.93. The van der Waals surface area contributed by atoms with E-state index in [9.17, 15) is 4.79 Å². The molecule has 0 saturated heterocycles. The molecular formula is C11H14N2O. The molecule has 3 heteroatoms. The van der Waals surface area contributed by atoms with Gasteiger partial charge >= 0.3 is 0 Å². The van der Waals surface area contributed by atoms with Gasteiger partial charge in [0.2, 0.25) is 5.91 Å². The van der Waals surface area contributed by atoms with Crippen molar-refractivity contribution in [2.75, 3.05) is 11.9 Å². The van der Waals surface area contributed by atoms with Crippen molar-refractivity contribution in [3.05, 3.63) is 42.0 Å². The Morgan fingerprint density at radius 3 is 2.86 bits per heavy atom. The molecule has 3 N–H and O–H groups in total. The van der Waals surface area contributed by atoms with Crippen LogP contribution in [0, 0.1) is 6.92 Å². The molecule has 0 aromatic heterocycles. The fourth-order valence-electron chi connectivity index (χ4n) is 1.20. The van der Waals surface area contributed by atoms with E-state index in [-0.39, 0.29) is 0 Å². The number of benzene rings is 1. The normalized spacial score (nSPS) is 9.50. The van der Waals surface area contributed by atoms with Crippen molar-refractivity contribution in [1.29, 1.82) is 0 Å². The molecule has 0 spiro atoms. The van der Waals surface area contributed by atoms with E-state index in [0.29, 0.717) is 12.1 Å². The van der Waals surface area contributed by atoms with E-state index in [4.69, 9.17) is 5.73 Å². The minimum atomic E-state index is -0.400. The molecule has 1 aromatic rings. The first kappa shape index (κ1) is 10.3. The van der Waals surface area contributed by atoms with Crippen molar-refractivity contribution in [1.82, 2.24) is 0 Å². The van der Waals surface area contributed by atoms with Crippen molar-refractivity contribution in [3.8, 4) is 0 Å². The monoisotopic (exact) mass is 190 g/mol. The number of nitrogens with two attached hydrogens (primary N) is 1. The van der Waals surface area contributed by atoms with Gasteiger partial charge < -0.3 is 11.1 Å². The number of rotatable bonds is 4. The lowest BCUT2D eigenvalue weighted by Crippen LogP contribution is -2.11. The topological polar surface area (TPSA) is 55.1 Å². The summed E-state index contributed by atoms with van der Waals surface area (Å²) in [6, 6.07) is 5.33. The summed E-state index contributed by atoms with van der Waals surface area (Å²) >= 11 is 0. The number of hydrogen-bond acceptors (Lipinski definition) is 2. The van der Waals surface area contributed by atoms with Crippen molar-refractivity contribution >= 4 is 11.6 Å². The van der Waals surface area contributed by atoms with Crippen LogP contribution in [0.15, 0.2) is 30.9 Å². The molecular weight excluding hydrogens is 176 g/mol. The Balaban J connectivity index is 2.89. The fourth-order valence-corrected chi connectivity index (χ4v) is 1.20. The van der Waals surface area contributed by atoms with Gasteiger partial charge in [-0.2, -0.15) is 0 Å². The highest BCUT2D eigenvalue weighted by Crippen LogP contribution is 2.15. The summed E-state index contributed by atoms with van der Waals surface area (Å²) < 4.78 is 0. The van der Waals surface area contributed by atoms with Crippen LogP contribution >= 0.6 is 0 Å². The van der Waals surface area contributed by atoms with Crippen LogP contribution < -0.4 is 11.1 Å². The van der Waals surface area contributed by atoms with Gasteiger partial charge in [0.15, 0.2) is 0 Å². The zero-order valence-electron chi connectivity index (χ0n) is 8.21. The highest BCUT2D eigenvalue weighted by Gasteiger charge is 2.02. The van der Waals surface area contributed by atoms with E-state index >= 15 is 0 Å². The number of amides is 1. The fraction of sp³-hybridized carbons (Fsp3) is 0.182. The lowest BCUT2D eigenvalue weighted by Gasteiger charge is -2.08. The van der Waals surface area contributed by atoms with E-state index in [2.05, 4.69) is 11.9 Å². The lowest BCUT2D eigenvalue weighted by atomic mass is 10.1. The van der Waals surface area contributed by atoms with Crippen LogP contribution in [0.1, 0.15) is 15.9 Å². The number of primary amides is 1. The third-order valence-corrected chi connectivity index (χ3v) is 1.95.